The first-order valence-corrected chi connectivity index (χ1v) is 11.0. The second-order valence-electron chi connectivity index (χ2n) is 8.69. The average molecular weight is 471 g/mol. The van der Waals surface area contributed by atoms with Gasteiger partial charge in [0.1, 0.15) is 23.3 Å². The van der Waals surface area contributed by atoms with E-state index in [1.807, 2.05) is 0 Å². The van der Waals surface area contributed by atoms with E-state index in [2.05, 4.69) is 4.98 Å². The fourth-order valence-corrected chi connectivity index (χ4v) is 4.01. The van der Waals surface area contributed by atoms with E-state index in [1.165, 1.54) is 23.3 Å². The van der Waals surface area contributed by atoms with Crippen molar-refractivity contribution in [2.24, 2.45) is 0 Å². The lowest BCUT2D eigenvalue weighted by molar-refractivity contribution is -0.123. The molecule has 0 N–H and O–H groups in total. The molecule has 0 saturated carbocycles. The lowest BCUT2D eigenvalue weighted by atomic mass is 10.0. The van der Waals surface area contributed by atoms with Gasteiger partial charge in [0.05, 0.1) is 10.2 Å². The van der Waals surface area contributed by atoms with Gasteiger partial charge in [-0.1, -0.05) is 0 Å². The van der Waals surface area contributed by atoms with Crippen molar-refractivity contribution >= 4 is 52.0 Å². The smallest absolute Gasteiger partial charge is 0.410 e. The third kappa shape index (κ3) is 6.07. The first kappa shape index (κ1) is 24.6. The molecule has 0 spiro atoms. The summed E-state index contributed by atoms with van der Waals surface area (Å²) in [5, 5.41) is 0. The second kappa shape index (κ2) is 9.47. The molecular weight excluding hydrogens is 447 g/mol. The molecule has 1 atom stereocenters. The van der Waals surface area contributed by atoms with Crippen molar-refractivity contribution in [2.45, 2.75) is 38.8 Å². The zero-order valence-corrected chi connectivity index (χ0v) is 19.9. The largest absolute Gasteiger partial charge is 0.444 e. The highest BCUT2D eigenvalue weighted by molar-refractivity contribution is 7.25. The summed E-state index contributed by atoms with van der Waals surface area (Å²) in [7, 11) is 8.74. The van der Waals surface area contributed by atoms with E-state index >= 15 is 0 Å². The molecule has 2 amide bonds. The summed E-state index contributed by atoms with van der Waals surface area (Å²) in [5.74, 6) is -2.00. The molecule has 2 radical (unpaired) electrons. The maximum atomic E-state index is 13.8. The van der Waals surface area contributed by atoms with Gasteiger partial charge in [0, 0.05) is 37.2 Å². The zero-order valence-electron chi connectivity index (χ0n) is 19.1. The molecule has 1 heterocycles. The predicted octanol–water partition coefficient (Wildman–Crippen LogP) is 3.81. The first-order valence-electron chi connectivity index (χ1n) is 10.2. The summed E-state index contributed by atoms with van der Waals surface area (Å²) in [5.41, 5.74) is 0.618. The van der Waals surface area contributed by atoms with Crippen LogP contribution in [0.25, 0.3) is 10.2 Å². The molecule has 2 aromatic carbocycles. The zero-order chi connectivity index (χ0) is 24.5. The predicted molar refractivity (Wildman–Crippen MR) is 126 cm³/mol. The Labute approximate surface area is 196 Å². The van der Waals surface area contributed by atoms with Gasteiger partial charge in [0.25, 0.3) is 0 Å². The number of carbonyl (C=O) groups is 2. The molecule has 0 fully saturated rings. The molecule has 1 aromatic heterocycles. The number of amides is 2. The summed E-state index contributed by atoms with van der Waals surface area (Å²) < 4.78 is 33.8. The van der Waals surface area contributed by atoms with E-state index in [4.69, 9.17) is 12.6 Å². The third-order valence-electron chi connectivity index (χ3n) is 4.89. The van der Waals surface area contributed by atoms with E-state index in [1.54, 1.807) is 46.0 Å². The molecule has 0 bridgehead atoms. The Hall–Kier alpha value is -3.01. The van der Waals surface area contributed by atoms with Crippen LogP contribution in [0, 0.1) is 11.6 Å². The van der Waals surface area contributed by atoms with Crippen LogP contribution in [0.4, 0.5) is 19.3 Å². The molecule has 10 heteroatoms. The van der Waals surface area contributed by atoms with Crippen LogP contribution in [0.2, 0.25) is 0 Å². The lowest BCUT2D eigenvalue weighted by Gasteiger charge is -2.32. The van der Waals surface area contributed by atoms with Crippen molar-refractivity contribution in [3.63, 3.8) is 0 Å². The number of hydrogen-bond donors (Lipinski definition) is 0. The fourth-order valence-electron chi connectivity index (χ4n) is 3.30. The molecule has 0 saturated heterocycles. The second-order valence-corrected chi connectivity index (χ2v) is 9.75. The molecule has 1 unspecified atom stereocenters. The van der Waals surface area contributed by atoms with Gasteiger partial charge in [-0.25, -0.2) is 13.6 Å². The van der Waals surface area contributed by atoms with Crippen LogP contribution in [0.15, 0.2) is 36.4 Å². The van der Waals surface area contributed by atoms with Crippen LogP contribution in [-0.2, 0) is 16.0 Å². The Balaban J connectivity index is 1.94. The highest BCUT2D eigenvalue weighted by Gasteiger charge is 2.33. The van der Waals surface area contributed by atoms with E-state index in [9.17, 15) is 18.4 Å². The molecule has 6 nitrogen and oxygen atoms in total. The Kier molecular flexibility index (Phi) is 7.07. The van der Waals surface area contributed by atoms with Crippen molar-refractivity contribution in [2.75, 3.05) is 19.0 Å². The van der Waals surface area contributed by atoms with Crippen LogP contribution in [0.3, 0.4) is 0 Å². The molecule has 33 heavy (non-hydrogen) atoms. The number of aromatic nitrogens is 1. The fraction of sp³-hybridized carbons (Fsp3) is 0.348. The van der Waals surface area contributed by atoms with Crippen molar-refractivity contribution in [3.8, 4) is 0 Å². The van der Waals surface area contributed by atoms with Crippen molar-refractivity contribution in [3.05, 3.63) is 53.6 Å². The number of nitrogens with zero attached hydrogens (tertiary/aromatic N) is 3. The number of rotatable bonds is 5. The highest BCUT2D eigenvalue weighted by Crippen LogP contribution is 2.24. The Morgan fingerprint density at radius 3 is 2.36 bits per heavy atom. The van der Waals surface area contributed by atoms with Gasteiger partial charge in [0.15, 0.2) is 7.85 Å². The standard InChI is InChI=1S/C23H24BF2N3O3S/c1-23(2,3)32-22(31)29(5)18(10-13-8-14(25)11-15(26)9-13)20(30)28(4)16-6-7-19-17(12-16)27-21(24)33-19/h6-9,11-12,18H,10H2,1-5H3. The minimum Gasteiger partial charge on any atom is -0.444 e. The quantitative estimate of drug-likeness (QED) is 0.531. The van der Waals surface area contributed by atoms with Gasteiger partial charge in [0.2, 0.25) is 5.91 Å². The summed E-state index contributed by atoms with van der Waals surface area (Å²) in [6, 6.07) is 7.20. The molecule has 0 aliphatic heterocycles. The van der Waals surface area contributed by atoms with Crippen molar-refractivity contribution < 1.29 is 23.1 Å². The number of thiazole rings is 1. The van der Waals surface area contributed by atoms with Gasteiger partial charge in [-0.3, -0.25) is 14.7 Å². The topological polar surface area (TPSA) is 62.7 Å². The molecular formula is C23H24BF2N3O3S. The molecule has 3 aromatic rings. The summed E-state index contributed by atoms with van der Waals surface area (Å²) in [4.78, 5) is 33.4. The minimum absolute atomic E-state index is 0.112. The van der Waals surface area contributed by atoms with E-state index < -0.39 is 35.3 Å². The number of halogens is 2. The monoisotopic (exact) mass is 471 g/mol. The normalized spacial score (nSPS) is 12.5. The Morgan fingerprint density at radius 2 is 1.76 bits per heavy atom. The van der Waals surface area contributed by atoms with Crippen LogP contribution in [0.5, 0.6) is 0 Å². The first-order chi connectivity index (χ1) is 15.3. The van der Waals surface area contributed by atoms with E-state index in [0.717, 1.165) is 27.8 Å². The van der Waals surface area contributed by atoms with Crippen molar-refractivity contribution in [1.82, 2.24) is 9.88 Å². The number of hydrogen-bond acceptors (Lipinski definition) is 5. The van der Waals surface area contributed by atoms with Gasteiger partial charge >= 0.3 is 6.09 Å². The summed E-state index contributed by atoms with van der Waals surface area (Å²) in [6.07, 6.45) is -0.840. The highest BCUT2D eigenvalue weighted by atomic mass is 32.1. The van der Waals surface area contributed by atoms with Gasteiger partial charge < -0.3 is 9.64 Å². The molecule has 0 aliphatic carbocycles. The maximum Gasteiger partial charge on any atom is 0.410 e. The Bertz CT molecular complexity index is 1180. The van der Waals surface area contributed by atoms with E-state index in [-0.39, 0.29) is 12.0 Å². The number of benzene rings is 2. The minimum atomic E-state index is -1.08. The third-order valence-corrected chi connectivity index (χ3v) is 5.76. The SMILES string of the molecule is [B]c1nc2cc(N(C)C(=O)C(Cc3cc(F)cc(F)c3)N(C)C(=O)OC(C)(C)C)ccc2s1. The lowest BCUT2D eigenvalue weighted by Crippen LogP contribution is -2.50. The Morgan fingerprint density at radius 1 is 1.12 bits per heavy atom. The van der Waals surface area contributed by atoms with Gasteiger partial charge in [-0.05, 0) is 56.7 Å². The van der Waals surface area contributed by atoms with Crippen LogP contribution in [0.1, 0.15) is 26.3 Å². The molecule has 172 valence electrons. The van der Waals surface area contributed by atoms with Crippen LogP contribution < -0.4 is 9.81 Å². The number of fused-ring (bicyclic) bond motifs is 1. The number of carbonyl (C=O) groups excluding carboxylic acids is 2. The number of ether oxygens (including phenoxy) is 1. The van der Waals surface area contributed by atoms with E-state index in [0.29, 0.717) is 16.1 Å². The maximum absolute atomic E-state index is 13.8. The van der Waals surface area contributed by atoms with Crippen LogP contribution in [-0.4, -0.2) is 55.5 Å². The van der Waals surface area contributed by atoms with Crippen LogP contribution >= 0.6 is 11.3 Å². The summed E-state index contributed by atoms with van der Waals surface area (Å²) >= 11 is 1.33. The number of anilines is 1. The number of likely N-dealkylation sites (N-methyl/N-ethyl adjacent to an activating group) is 2. The van der Waals surface area contributed by atoms with Gasteiger partial charge in [-0.15, -0.1) is 11.3 Å². The molecule has 0 aliphatic rings. The summed E-state index contributed by atoms with van der Waals surface area (Å²) in [6.45, 7) is 5.12. The van der Waals surface area contributed by atoms with Gasteiger partial charge in [-0.2, -0.15) is 0 Å². The molecule has 3 rings (SSSR count). The average Bonchev–Trinajstić information content (AvgIpc) is 3.07. The van der Waals surface area contributed by atoms with Crippen molar-refractivity contribution in [1.29, 1.82) is 0 Å².